The summed E-state index contributed by atoms with van der Waals surface area (Å²) in [6.07, 6.45) is 8.17. The lowest BCUT2D eigenvalue weighted by Crippen LogP contribution is -2.54. The van der Waals surface area contributed by atoms with Crippen LogP contribution in [0.25, 0.3) is 0 Å². The molecule has 0 saturated heterocycles. The topological polar surface area (TPSA) is 330 Å². The second kappa shape index (κ2) is 31.9. The second-order valence-corrected chi connectivity index (χ2v) is 25.7. The van der Waals surface area contributed by atoms with Gasteiger partial charge in [-0.25, -0.2) is 19.2 Å². The number of unbranched alkanes of at least 4 members (excludes halogenated alkanes) is 2. The van der Waals surface area contributed by atoms with Crippen molar-refractivity contribution in [2.24, 2.45) is 28.7 Å². The van der Waals surface area contributed by atoms with Crippen LogP contribution < -0.4 is 49.2 Å². The zero-order valence-electron chi connectivity index (χ0n) is 53.9. The summed E-state index contributed by atoms with van der Waals surface area (Å²) in [6.45, 7) is 8.49. The van der Waals surface area contributed by atoms with Gasteiger partial charge in [0.25, 0.3) is 11.8 Å². The fourth-order valence-electron chi connectivity index (χ4n) is 12.0. The van der Waals surface area contributed by atoms with E-state index in [1.165, 1.54) is 38.2 Å². The number of rotatable bonds is 30. The molecule has 1 fully saturated rings. The molecule has 6 aliphatic rings. The molecular formula is C66H83N9O18S. The summed E-state index contributed by atoms with van der Waals surface area (Å²) in [5.41, 5.74) is 3.84. The number of aliphatic hydroxyl groups is 1. The van der Waals surface area contributed by atoms with E-state index in [0.29, 0.717) is 78.1 Å². The highest BCUT2D eigenvalue weighted by Gasteiger charge is 2.50. The first-order valence-corrected chi connectivity index (χ1v) is 33.0. The lowest BCUT2D eigenvalue weighted by molar-refractivity contribution is -0.133. The molecule has 0 spiro atoms. The molecule has 0 bridgehead atoms. The van der Waals surface area contributed by atoms with Gasteiger partial charge in [0.2, 0.25) is 17.7 Å². The first-order chi connectivity index (χ1) is 45.1. The fraction of sp³-hybridized carbons (Fsp3) is 0.515. The average Bonchev–Trinajstić information content (AvgIpc) is 1.57. The molecular weight excluding hydrogens is 1240 g/mol. The van der Waals surface area contributed by atoms with Crippen LogP contribution in [-0.4, -0.2) is 169 Å². The summed E-state index contributed by atoms with van der Waals surface area (Å²) in [6, 6.07) is 9.68. The van der Waals surface area contributed by atoms with Crippen molar-refractivity contribution >= 4 is 75.2 Å². The second-order valence-electron chi connectivity index (χ2n) is 24.2. The number of aliphatic imine (C=N–C) groups is 1. The van der Waals surface area contributed by atoms with Crippen molar-refractivity contribution in [2.75, 3.05) is 77.2 Å². The molecule has 7 unspecified atom stereocenters. The number of carbonyl (C=O) groups excluding carboxylic acids is 7. The number of benzene rings is 3. The zero-order valence-corrected chi connectivity index (χ0v) is 54.7. The molecule has 4 heterocycles. The van der Waals surface area contributed by atoms with Gasteiger partial charge in [0.05, 0.1) is 88.4 Å². The van der Waals surface area contributed by atoms with Crippen molar-refractivity contribution in [3.8, 4) is 34.8 Å². The van der Waals surface area contributed by atoms with Crippen LogP contribution in [0.2, 0.25) is 0 Å². The Morgan fingerprint density at radius 1 is 0.734 bits per heavy atom. The van der Waals surface area contributed by atoms with Gasteiger partial charge in [0.1, 0.15) is 25.3 Å². The Hall–Kier alpha value is -8.75. The van der Waals surface area contributed by atoms with Crippen LogP contribution in [0, 0.1) is 35.5 Å². The van der Waals surface area contributed by atoms with Gasteiger partial charge in [-0.1, -0.05) is 37.1 Å². The summed E-state index contributed by atoms with van der Waals surface area (Å²) < 4.78 is 74.0. The number of ether oxygens (including phenoxy) is 8. The van der Waals surface area contributed by atoms with Crippen molar-refractivity contribution in [1.82, 2.24) is 29.9 Å². The standard InChI is InChI=1S/C66H83N9O18S/c1-39(2)59(71-58(76)38-89-26-25-88-24-21-68-94(84,85)72-65(82)92-37-50-46-15-11-8-9-12-16-47(46)50)61(78)69-42(5)60(77)70-44-19-17-43(18-20-44)36-93-66(83)75-52-32-57(55(87-7)30-49(52)63(80)74-35-41(4)28-53(74)64(75)81)91-23-14-10-13-22-90-56-31-51-48(29-54(56)86-6)62(79)73-34-40(3)27-45(73)33-67-51/h17-20,29-35,39,42,45-47,50,53,59,64,68,81H,10-16,21-28,36-38H2,1-7H3,(H,69,78)(H,70,77)(H,71,76)(H,72,82). The van der Waals surface area contributed by atoms with Gasteiger partial charge in [-0.3, -0.25) is 29.0 Å². The van der Waals surface area contributed by atoms with Crippen LogP contribution in [0.5, 0.6) is 23.0 Å². The number of nitrogens with one attached hydrogen (secondary N) is 5. The van der Waals surface area contributed by atoms with Gasteiger partial charge in [-0.15, -0.1) is 11.8 Å². The van der Waals surface area contributed by atoms with E-state index in [1.54, 1.807) is 67.6 Å². The van der Waals surface area contributed by atoms with Gasteiger partial charge in [-0.2, -0.15) is 13.1 Å². The number of aliphatic hydroxyl groups excluding tert-OH is 1. The molecule has 9 rings (SSSR count). The molecule has 2 aliphatic carbocycles. The van der Waals surface area contributed by atoms with Gasteiger partial charge < -0.3 is 68.8 Å². The highest BCUT2D eigenvalue weighted by atomic mass is 32.2. The number of methoxy groups -OCH3 is 2. The monoisotopic (exact) mass is 1320 g/mol. The van der Waals surface area contributed by atoms with E-state index in [0.717, 1.165) is 48.2 Å². The van der Waals surface area contributed by atoms with Crippen LogP contribution in [0.1, 0.15) is 119 Å². The van der Waals surface area contributed by atoms with Crippen molar-refractivity contribution in [3.63, 3.8) is 0 Å². The fourth-order valence-corrected chi connectivity index (χ4v) is 12.7. The van der Waals surface area contributed by atoms with Crippen LogP contribution in [-0.2, 0) is 50.1 Å². The van der Waals surface area contributed by atoms with Crippen LogP contribution >= 0.6 is 0 Å². The van der Waals surface area contributed by atoms with Crippen LogP contribution in [0.3, 0.4) is 0 Å². The molecule has 7 amide bonds. The third kappa shape index (κ3) is 17.7. The molecule has 506 valence electrons. The largest absolute Gasteiger partial charge is 0.493 e. The van der Waals surface area contributed by atoms with E-state index in [-0.39, 0.29) is 92.7 Å². The summed E-state index contributed by atoms with van der Waals surface area (Å²) in [5, 5.41) is 19.9. The number of fused-ring (bicyclic) bond motifs is 5. The highest BCUT2D eigenvalue weighted by Crippen LogP contribution is 2.52. The molecule has 3 aromatic rings. The third-order valence-electron chi connectivity index (χ3n) is 17.0. The van der Waals surface area contributed by atoms with Crippen LogP contribution in [0.15, 0.2) is 77.1 Å². The number of hydrogen-bond donors (Lipinski definition) is 6. The molecule has 6 N–H and O–H groups in total. The number of nitrogens with zero attached hydrogens (tertiary/aromatic N) is 4. The van der Waals surface area contributed by atoms with E-state index in [2.05, 4.69) is 37.5 Å². The third-order valence-corrected chi connectivity index (χ3v) is 18.0. The summed E-state index contributed by atoms with van der Waals surface area (Å²) in [7, 11) is -1.24. The molecule has 27 nitrogen and oxygen atoms in total. The summed E-state index contributed by atoms with van der Waals surface area (Å²) in [4.78, 5) is 102. The first kappa shape index (κ1) is 69.6. The van der Waals surface area contributed by atoms with Gasteiger partial charge in [0, 0.05) is 55.8 Å². The first-order valence-electron chi connectivity index (χ1n) is 31.6. The van der Waals surface area contributed by atoms with E-state index in [9.17, 15) is 47.1 Å². The smallest absolute Gasteiger partial charge is 0.421 e. The lowest BCUT2D eigenvalue weighted by Gasteiger charge is -2.31. The molecule has 1 saturated carbocycles. The number of hydrogen-bond acceptors (Lipinski definition) is 19. The van der Waals surface area contributed by atoms with Crippen molar-refractivity contribution in [3.05, 3.63) is 88.8 Å². The van der Waals surface area contributed by atoms with E-state index in [4.69, 9.17) is 37.9 Å². The highest BCUT2D eigenvalue weighted by molar-refractivity contribution is 7.88. The minimum atomic E-state index is -4.19. The van der Waals surface area contributed by atoms with Gasteiger partial charge in [-0.05, 0) is 119 Å². The maximum absolute atomic E-state index is 14.2. The Morgan fingerprint density at radius 2 is 1.37 bits per heavy atom. The Labute approximate surface area is 546 Å². The Kier molecular flexibility index (Phi) is 23.6. The quantitative estimate of drug-likeness (QED) is 0.0311. The maximum atomic E-state index is 14.2. The van der Waals surface area contributed by atoms with E-state index in [1.807, 2.05) is 24.8 Å². The molecule has 28 heteroatoms. The van der Waals surface area contributed by atoms with Crippen molar-refractivity contribution in [2.45, 2.75) is 129 Å². The molecule has 94 heavy (non-hydrogen) atoms. The average molecular weight is 1320 g/mol. The van der Waals surface area contributed by atoms with E-state index >= 15 is 0 Å². The molecule has 7 atom stereocenters. The minimum Gasteiger partial charge on any atom is -0.493 e. The Balaban J connectivity index is 0.693. The van der Waals surface area contributed by atoms with Gasteiger partial charge >= 0.3 is 22.4 Å². The molecule has 0 aromatic heterocycles. The molecule has 0 radical (unpaired) electrons. The SMILES string of the molecule is COc1cc2c(cc1OCCCCCOc1cc3c(cc1OC)C(=O)N1C=C(C)CC1C(O)N3C(=O)OCc1ccc(NC(=O)C(C)NC(=O)C(NC(=O)COCCOCCNS(=O)(=O)NC(=O)OCC3C4CCC#CCCC43)C(C)C)cc1)N=CC1CC(C)=CN1C2=O. The maximum Gasteiger partial charge on any atom is 0.421 e. The summed E-state index contributed by atoms with van der Waals surface area (Å²) >= 11 is 0. The van der Waals surface area contributed by atoms with Crippen LogP contribution in [0.4, 0.5) is 26.7 Å². The Morgan fingerprint density at radius 3 is 2.05 bits per heavy atom. The number of anilines is 2. The van der Waals surface area contributed by atoms with E-state index < -0.39 is 77.0 Å². The van der Waals surface area contributed by atoms with Crippen molar-refractivity contribution < 1.29 is 85.0 Å². The molecule has 4 aliphatic heterocycles. The summed E-state index contributed by atoms with van der Waals surface area (Å²) in [5.74, 6) is 5.87. The van der Waals surface area contributed by atoms with Gasteiger partial charge in [0.15, 0.2) is 29.2 Å². The predicted molar refractivity (Wildman–Crippen MR) is 344 cm³/mol. The Bertz CT molecular complexity index is 3570. The lowest BCUT2D eigenvalue weighted by atomic mass is 10.0. The minimum absolute atomic E-state index is 0.00519. The number of amides is 7. The predicted octanol–water partition coefficient (Wildman–Crippen LogP) is 6.38. The van der Waals surface area contributed by atoms with Crippen molar-refractivity contribution in [1.29, 1.82) is 0 Å². The number of carbonyl (C=O) groups is 7. The molecule has 3 aromatic carbocycles. The normalized spacial score (nSPS) is 20.7. The zero-order chi connectivity index (χ0) is 67.2.